The van der Waals surface area contributed by atoms with E-state index in [-0.39, 0.29) is 5.56 Å². The first-order chi connectivity index (χ1) is 7.17. The molecule has 0 amide bonds. The molecular weight excluding hydrogens is 194 g/mol. The lowest BCUT2D eigenvalue weighted by molar-refractivity contribution is 0.0696. The molecule has 0 aliphatic rings. The van der Waals surface area contributed by atoms with Crippen LogP contribution in [0.1, 0.15) is 36.3 Å². The summed E-state index contributed by atoms with van der Waals surface area (Å²) in [5.41, 5.74) is 0.998. The standard InChI is InChI=1S/C11H15NO3/c1-3-5-9-6-8(11(13)14)7-10(12-9)15-4-2/h6-7H,3-5H2,1-2H3,(H,13,14). The number of carboxylic acids is 1. The lowest BCUT2D eigenvalue weighted by Gasteiger charge is -2.06. The summed E-state index contributed by atoms with van der Waals surface area (Å²) in [7, 11) is 0. The number of aromatic carboxylic acids is 1. The molecule has 0 saturated carbocycles. The number of carboxylic acid groups (broad SMARTS) is 1. The van der Waals surface area contributed by atoms with Gasteiger partial charge in [0.05, 0.1) is 12.2 Å². The molecule has 82 valence electrons. The molecule has 0 radical (unpaired) electrons. The minimum atomic E-state index is -0.948. The molecule has 0 bridgehead atoms. The van der Waals surface area contributed by atoms with Gasteiger partial charge in [-0.25, -0.2) is 9.78 Å². The summed E-state index contributed by atoms with van der Waals surface area (Å²) in [4.78, 5) is 15.0. The van der Waals surface area contributed by atoms with E-state index in [1.807, 2.05) is 13.8 Å². The van der Waals surface area contributed by atoms with Crippen LogP contribution in [-0.4, -0.2) is 22.7 Å². The highest BCUT2D eigenvalue weighted by molar-refractivity contribution is 5.88. The topological polar surface area (TPSA) is 59.4 Å². The smallest absolute Gasteiger partial charge is 0.335 e. The zero-order valence-electron chi connectivity index (χ0n) is 8.99. The van der Waals surface area contributed by atoms with Crippen LogP contribution in [0.15, 0.2) is 12.1 Å². The summed E-state index contributed by atoms with van der Waals surface area (Å²) in [5, 5.41) is 8.89. The second kappa shape index (κ2) is 5.34. The Bertz CT molecular complexity index is 325. The van der Waals surface area contributed by atoms with E-state index in [2.05, 4.69) is 4.98 Å². The van der Waals surface area contributed by atoms with Crippen LogP contribution in [0, 0.1) is 0 Å². The van der Waals surface area contributed by atoms with Gasteiger partial charge in [-0.3, -0.25) is 0 Å². The Balaban J connectivity index is 3.02. The van der Waals surface area contributed by atoms with Crippen molar-refractivity contribution in [2.24, 2.45) is 0 Å². The third kappa shape index (κ3) is 3.23. The van der Waals surface area contributed by atoms with E-state index in [9.17, 15) is 4.79 Å². The lowest BCUT2D eigenvalue weighted by atomic mass is 10.1. The number of pyridine rings is 1. The van der Waals surface area contributed by atoms with E-state index in [1.54, 1.807) is 6.07 Å². The van der Waals surface area contributed by atoms with Crippen molar-refractivity contribution in [1.29, 1.82) is 0 Å². The maximum absolute atomic E-state index is 10.8. The molecule has 0 atom stereocenters. The molecule has 1 aromatic rings. The molecule has 0 aliphatic heterocycles. The van der Waals surface area contributed by atoms with Gasteiger partial charge in [0.1, 0.15) is 0 Å². The van der Waals surface area contributed by atoms with Gasteiger partial charge in [-0.05, 0) is 19.4 Å². The average Bonchev–Trinajstić information content (AvgIpc) is 2.18. The third-order valence-corrected chi connectivity index (χ3v) is 1.90. The average molecular weight is 209 g/mol. The van der Waals surface area contributed by atoms with Gasteiger partial charge in [-0.15, -0.1) is 0 Å². The van der Waals surface area contributed by atoms with Gasteiger partial charge in [-0.1, -0.05) is 13.3 Å². The van der Waals surface area contributed by atoms with Gasteiger partial charge in [0, 0.05) is 11.8 Å². The number of rotatable bonds is 5. The van der Waals surface area contributed by atoms with Gasteiger partial charge in [0.2, 0.25) is 5.88 Å². The van der Waals surface area contributed by atoms with Crippen molar-refractivity contribution in [3.05, 3.63) is 23.4 Å². The summed E-state index contributed by atoms with van der Waals surface area (Å²) in [5.74, 6) is -0.559. The Kier molecular flexibility index (Phi) is 4.09. The lowest BCUT2D eigenvalue weighted by Crippen LogP contribution is -2.03. The zero-order chi connectivity index (χ0) is 11.3. The van der Waals surface area contributed by atoms with E-state index < -0.39 is 5.97 Å². The van der Waals surface area contributed by atoms with Gasteiger partial charge in [-0.2, -0.15) is 0 Å². The highest BCUT2D eigenvalue weighted by atomic mass is 16.5. The van der Waals surface area contributed by atoms with Crippen molar-refractivity contribution in [3.63, 3.8) is 0 Å². The molecule has 15 heavy (non-hydrogen) atoms. The second-order valence-corrected chi connectivity index (χ2v) is 3.17. The molecule has 1 rings (SSSR count). The number of aromatic nitrogens is 1. The zero-order valence-corrected chi connectivity index (χ0v) is 8.99. The fourth-order valence-electron chi connectivity index (χ4n) is 1.29. The molecule has 4 nitrogen and oxygen atoms in total. The van der Waals surface area contributed by atoms with E-state index in [1.165, 1.54) is 6.07 Å². The fourth-order valence-corrected chi connectivity index (χ4v) is 1.29. The summed E-state index contributed by atoms with van der Waals surface area (Å²) < 4.78 is 5.21. The van der Waals surface area contributed by atoms with Crippen molar-refractivity contribution < 1.29 is 14.6 Å². The maximum atomic E-state index is 10.8. The first-order valence-corrected chi connectivity index (χ1v) is 5.04. The summed E-state index contributed by atoms with van der Waals surface area (Å²) in [6.07, 6.45) is 1.70. The third-order valence-electron chi connectivity index (χ3n) is 1.90. The fraction of sp³-hybridized carbons (Fsp3) is 0.455. The van der Waals surface area contributed by atoms with Crippen molar-refractivity contribution in [1.82, 2.24) is 4.98 Å². The normalized spacial score (nSPS) is 10.0. The number of ether oxygens (including phenoxy) is 1. The van der Waals surface area contributed by atoms with Gasteiger partial charge < -0.3 is 9.84 Å². The SMILES string of the molecule is CCCc1cc(C(=O)O)cc(OCC)n1. The Labute approximate surface area is 88.9 Å². The Hall–Kier alpha value is -1.58. The first kappa shape index (κ1) is 11.5. The number of hydrogen-bond acceptors (Lipinski definition) is 3. The summed E-state index contributed by atoms with van der Waals surface area (Å²) in [6, 6.07) is 3.04. The van der Waals surface area contributed by atoms with Gasteiger partial charge in [0.15, 0.2) is 0 Å². The number of carbonyl (C=O) groups is 1. The van der Waals surface area contributed by atoms with Crippen LogP contribution in [-0.2, 0) is 6.42 Å². The maximum Gasteiger partial charge on any atom is 0.335 e. The highest BCUT2D eigenvalue weighted by Crippen LogP contribution is 2.14. The Morgan fingerprint density at radius 2 is 2.20 bits per heavy atom. The molecule has 1 N–H and O–H groups in total. The van der Waals surface area contributed by atoms with Crippen molar-refractivity contribution in [2.45, 2.75) is 26.7 Å². The minimum absolute atomic E-state index is 0.233. The van der Waals surface area contributed by atoms with Crippen LogP contribution in [0.2, 0.25) is 0 Å². The van der Waals surface area contributed by atoms with Gasteiger partial charge >= 0.3 is 5.97 Å². The van der Waals surface area contributed by atoms with E-state index in [4.69, 9.17) is 9.84 Å². The molecule has 1 heterocycles. The van der Waals surface area contributed by atoms with Crippen LogP contribution in [0.3, 0.4) is 0 Å². The molecule has 4 heteroatoms. The van der Waals surface area contributed by atoms with E-state index >= 15 is 0 Å². The molecule has 0 unspecified atom stereocenters. The van der Waals surface area contributed by atoms with Crippen LogP contribution >= 0.6 is 0 Å². The largest absolute Gasteiger partial charge is 0.478 e. The molecule has 0 fully saturated rings. The van der Waals surface area contributed by atoms with E-state index in [0.717, 1.165) is 18.5 Å². The number of nitrogens with zero attached hydrogens (tertiary/aromatic N) is 1. The second-order valence-electron chi connectivity index (χ2n) is 3.17. The van der Waals surface area contributed by atoms with Crippen molar-refractivity contribution >= 4 is 5.97 Å². The first-order valence-electron chi connectivity index (χ1n) is 5.04. The van der Waals surface area contributed by atoms with Crippen molar-refractivity contribution in [2.75, 3.05) is 6.61 Å². The highest BCUT2D eigenvalue weighted by Gasteiger charge is 2.08. The van der Waals surface area contributed by atoms with Crippen LogP contribution < -0.4 is 4.74 Å². The quantitative estimate of drug-likeness (QED) is 0.807. The number of hydrogen-bond donors (Lipinski definition) is 1. The molecule has 1 aromatic heterocycles. The molecule has 0 aliphatic carbocycles. The Morgan fingerprint density at radius 1 is 1.47 bits per heavy atom. The van der Waals surface area contributed by atoms with Crippen LogP contribution in [0.5, 0.6) is 5.88 Å². The molecular formula is C11H15NO3. The van der Waals surface area contributed by atoms with Crippen LogP contribution in [0.25, 0.3) is 0 Å². The number of aryl methyl sites for hydroxylation is 1. The van der Waals surface area contributed by atoms with Gasteiger partial charge in [0.25, 0.3) is 0 Å². The molecule has 0 spiro atoms. The predicted molar refractivity (Wildman–Crippen MR) is 56.4 cm³/mol. The summed E-state index contributed by atoms with van der Waals surface area (Å²) >= 11 is 0. The Morgan fingerprint density at radius 3 is 2.73 bits per heavy atom. The molecule has 0 saturated heterocycles. The minimum Gasteiger partial charge on any atom is -0.478 e. The molecule has 0 aromatic carbocycles. The monoisotopic (exact) mass is 209 g/mol. The van der Waals surface area contributed by atoms with E-state index in [0.29, 0.717) is 12.5 Å². The predicted octanol–water partition coefficient (Wildman–Crippen LogP) is 2.13. The van der Waals surface area contributed by atoms with Crippen LogP contribution in [0.4, 0.5) is 0 Å². The summed E-state index contributed by atoms with van der Waals surface area (Å²) in [6.45, 7) is 4.35. The van der Waals surface area contributed by atoms with Crippen molar-refractivity contribution in [3.8, 4) is 5.88 Å².